The van der Waals surface area contributed by atoms with Crippen molar-refractivity contribution in [2.75, 3.05) is 0 Å². The van der Waals surface area contributed by atoms with E-state index in [0.717, 1.165) is 6.07 Å². The minimum absolute atomic E-state index is 0.00315. The normalized spacial score (nSPS) is 11.5. The average molecular weight is 239 g/mol. The molecule has 0 fully saturated rings. The highest BCUT2D eigenvalue weighted by molar-refractivity contribution is 5.68. The second-order valence-corrected chi connectivity index (χ2v) is 3.48. The number of benzene rings is 1. The van der Waals surface area contributed by atoms with E-state index in [2.05, 4.69) is 4.98 Å². The van der Waals surface area contributed by atoms with Gasteiger partial charge in [0.05, 0.1) is 11.8 Å². The van der Waals surface area contributed by atoms with Gasteiger partial charge in [0.15, 0.2) is 0 Å². The molecule has 88 valence electrons. The van der Waals surface area contributed by atoms with Crippen molar-refractivity contribution in [3.8, 4) is 16.9 Å². The first-order chi connectivity index (χ1) is 7.98. The summed E-state index contributed by atoms with van der Waals surface area (Å²) in [6.45, 7) is 0. The van der Waals surface area contributed by atoms with Crippen molar-refractivity contribution in [1.29, 1.82) is 0 Å². The number of aromatic nitrogens is 1. The molecule has 1 heterocycles. The van der Waals surface area contributed by atoms with Gasteiger partial charge < -0.3 is 5.11 Å². The minimum atomic E-state index is -4.43. The summed E-state index contributed by atoms with van der Waals surface area (Å²) >= 11 is 0. The number of halogens is 3. The van der Waals surface area contributed by atoms with Crippen molar-refractivity contribution in [2.45, 2.75) is 6.18 Å². The topological polar surface area (TPSA) is 33.1 Å². The van der Waals surface area contributed by atoms with Crippen LogP contribution >= 0.6 is 0 Å². The van der Waals surface area contributed by atoms with Gasteiger partial charge in [-0.15, -0.1) is 0 Å². The average Bonchev–Trinajstić information content (AvgIpc) is 2.28. The second kappa shape index (κ2) is 4.08. The number of hydrogen-bond acceptors (Lipinski definition) is 2. The Labute approximate surface area is 95.4 Å². The van der Waals surface area contributed by atoms with E-state index >= 15 is 0 Å². The van der Waals surface area contributed by atoms with Gasteiger partial charge in [0.25, 0.3) is 0 Å². The maximum absolute atomic E-state index is 12.8. The lowest BCUT2D eigenvalue weighted by Crippen LogP contribution is -2.06. The van der Waals surface area contributed by atoms with E-state index < -0.39 is 11.7 Å². The Balaban J connectivity index is 2.60. The van der Waals surface area contributed by atoms with Gasteiger partial charge in [-0.2, -0.15) is 13.2 Å². The van der Waals surface area contributed by atoms with Gasteiger partial charge in [-0.1, -0.05) is 18.2 Å². The van der Waals surface area contributed by atoms with E-state index in [1.165, 1.54) is 36.7 Å². The highest BCUT2D eigenvalue weighted by atomic mass is 19.4. The van der Waals surface area contributed by atoms with E-state index in [4.69, 9.17) is 0 Å². The Kier molecular flexibility index (Phi) is 2.75. The zero-order valence-corrected chi connectivity index (χ0v) is 8.57. The van der Waals surface area contributed by atoms with Crippen LogP contribution in [0, 0.1) is 0 Å². The zero-order valence-electron chi connectivity index (χ0n) is 8.57. The third kappa shape index (κ3) is 2.38. The summed E-state index contributed by atoms with van der Waals surface area (Å²) in [5.74, 6) is -0.167. The number of alkyl halides is 3. The predicted molar refractivity (Wildman–Crippen MR) is 56.3 cm³/mol. The Bertz CT molecular complexity index is 537. The molecule has 0 saturated heterocycles. The number of pyridine rings is 1. The van der Waals surface area contributed by atoms with Crippen molar-refractivity contribution < 1.29 is 18.3 Å². The number of nitrogens with zero attached hydrogens (tertiary/aromatic N) is 1. The van der Waals surface area contributed by atoms with Crippen molar-refractivity contribution in [3.05, 3.63) is 48.3 Å². The van der Waals surface area contributed by atoms with Gasteiger partial charge in [-0.05, 0) is 17.7 Å². The lowest BCUT2D eigenvalue weighted by Gasteiger charge is -2.12. The van der Waals surface area contributed by atoms with E-state index in [9.17, 15) is 18.3 Å². The monoisotopic (exact) mass is 239 g/mol. The van der Waals surface area contributed by atoms with E-state index in [1.807, 2.05) is 0 Å². The molecule has 0 saturated carbocycles. The first-order valence-electron chi connectivity index (χ1n) is 4.79. The van der Waals surface area contributed by atoms with E-state index in [1.54, 1.807) is 0 Å². The van der Waals surface area contributed by atoms with Gasteiger partial charge in [-0.25, -0.2) is 0 Å². The number of hydrogen-bond donors (Lipinski definition) is 1. The van der Waals surface area contributed by atoms with Crippen molar-refractivity contribution >= 4 is 0 Å². The molecule has 0 aliphatic heterocycles. The first-order valence-corrected chi connectivity index (χ1v) is 4.79. The van der Waals surface area contributed by atoms with Gasteiger partial charge in [0.2, 0.25) is 0 Å². The Morgan fingerprint density at radius 1 is 1.06 bits per heavy atom. The third-order valence-electron chi connectivity index (χ3n) is 2.27. The number of aromatic hydroxyl groups is 1. The second-order valence-electron chi connectivity index (χ2n) is 3.48. The lowest BCUT2D eigenvalue weighted by molar-refractivity contribution is -0.137. The summed E-state index contributed by atoms with van der Waals surface area (Å²) in [4.78, 5) is 3.67. The molecule has 0 spiro atoms. The van der Waals surface area contributed by atoms with Crippen LogP contribution in [0.5, 0.6) is 5.75 Å². The zero-order chi connectivity index (χ0) is 12.5. The van der Waals surface area contributed by atoms with E-state index in [0.29, 0.717) is 0 Å². The lowest BCUT2D eigenvalue weighted by atomic mass is 10.0. The molecule has 1 aromatic heterocycles. The molecular weight excluding hydrogens is 231 g/mol. The molecule has 0 aliphatic carbocycles. The van der Waals surface area contributed by atoms with Crippen LogP contribution in [-0.2, 0) is 6.18 Å². The fourth-order valence-electron chi connectivity index (χ4n) is 1.56. The van der Waals surface area contributed by atoms with Crippen LogP contribution < -0.4 is 0 Å². The highest BCUT2D eigenvalue weighted by Crippen LogP contribution is 2.37. The van der Waals surface area contributed by atoms with E-state index in [-0.39, 0.29) is 16.9 Å². The molecule has 0 amide bonds. The molecule has 0 radical (unpaired) electrons. The largest absolute Gasteiger partial charge is 0.506 e. The molecule has 5 heteroatoms. The predicted octanol–water partition coefficient (Wildman–Crippen LogP) is 3.47. The molecule has 1 N–H and O–H groups in total. The van der Waals surface area contributed by atoms with Crippen LogP contribution in [0.2, 0.25) is 0 Å². The van der Waals surface area contributed by atoms with Crippen LogP contribution in [0.4, 0.5) is 13.2 Å². The van der Waals surface area contributed by atoms with Crippen LogP contribution in [0.15, 0.2) is 42.7 Å². The maximum atomic E-state index is 12.8. The summed E-state index contributed by atoms with van der Waals surface area (Å²) in [6, 6.07) is 6.42. The van der Waals surface area contributed by atoms with Crippen LogP contribution in [0.3, 0.4) is 0 Å². The SMILES string of the molecule is Oc1cncc(-c2ccccc2C(F)(F)F)c1. The van der Waals surface area contributed by atoms with Gasteiger partial charge in [-0.3, -0.25) is 4.98 Å². The standard InChI is InChI=1S/C12H8F3NO/c13-12(14,15)11-4-2-1-3-10(11)8-5-9(17)7-16-6-8/h1-7,17H. The Morgan fingerprint density at radius 2 is 1.76 bits per heavy atom. The molecular formula is C12H8F3NO. The molecule has 1 aromatic carbocycles. The van der Waals surface area contributed by atoms with Crippen LogP contribution in [-0.4, -0.2) is 10.1 Å². The number of rotatable bonds is 1. The smallest absolute Gasteiger partial charge is 0.417 e. The molecule has 17 heavy (non-hydrogen) atoms. The van der Waals surface area contributed by atoms with Crippen LogP contribution in [0.25, 0.3) is 11.1 Å². The summed E-state index contributed by atoms with van der Waals surface area (Å²) in [5.41, 5.74) is -0.506. The Hall–Kier alpha value is -2.04. The molecule has 0 bridgehead atoms. The molecule has 0 unspecified atom stereocenters. The van der Waals surface area contributed by atoms with Crippen molar-refractivity contribution in [2.24, 2.45) is 0 Å². The summed E-state index contributed by atoms with van der Waals surface area (Å²) in [7, 11) is 0. The molecule has 2 nitrogen and oxygen atoms in total. The quantitative estimate of drug-likeness (QED) is 0.826. The third-order valence-corrected chi connectivity index (χ3v) is 2.27. The molecule has 2 aromatic rings. The van der Waals surface area contributed by atoms with Crippen molar-refractivity contribution in [3.63, 3.8) is 0 Å². The summed E-state index contributed by atoms with van der Waals surface area (Å²) in [6.07, 6.45) is -1.98. The minimum Gasteiger partial charge on any atom is -0.506 e. The van der Waals surface area contributed by atoms with Gasteiger partial charge >= 0.3 is 6.18 Å². The fourth-order valence-corrected chi connectivity index (χ4v) is 1.56. The summed E-state index contributed by atoms with van der Waals surface area (Å²) < 4.78 is 38.3. The van der Waals surface area contributed by atoms with Crippen LogP contribution in [0.1, 0.15) is 5.56 Å². The molecule has 2 rings (SSSR count). The van der Waals surface area contributed by atoms with Gasteiger partial charge in [0.1, 0.15) is 5.75 Å². The first kappa shape index (κ1) is 11.4. The maximum Gasteiger partial charge on any atom is 0.417 e. The Morgan fingerprint density at radius 3 is 2.41 bits per heavy atom. The highest BCUT2D eigenvalue weighted by Gasteiger charge is 2.33. The van der Waals surface area contributed by atoms with Gasteiger partial charge in [0, 0.05) is 11.8 Å². The fraction of sp³-hybridized carbons (Fsp3) is 0.0833. The molecule has 0 atom stereocenters. The van der Waals surface area contributed by atoms with Crippen molar-refractivity contribution in [1.82, 2.24) is 4.98 Å². The molecule has 0 aliphatic rings. The summed E-state index contributed by atoms with van der Waals surface area (Å²) in [5, 5.41) is 9.22.